The highest BCUT2D eigenvalue weighted by Gasteiger charge is 2.48. The number of amides is 2. The van der Waals surface area contributed by atoms with Gasteiger partial charge in [0.25, 0.3) is 5.91 Å². The van der Waals surface area contributed by atoms with Gasteiger partial charge in [0.2, 0.25) is 5.91 Å². The quantitative estimate of drug-likeness (QED) is 0.588. The topological polar surface area (TPSA) is 63.6 Å². The number of carbonyl (C=O) groups is 2. The van der Waals surface area contributed by atoms with E-state index in [2.05, 4.69) is 12.2 Å². The third-order valence-corrected chi connectivity index (χ3v) is 8.26. The van der Waals surface area contributed by atoms with Gasteiger partial charge in [0.1, 0.15) is 17.0 Å². The van der Waals surface area contributed by atoms with Gasteiger partial charge in [0.05, 0.1) is 30.4 Å². The summed E-state index contributed by atoms with van der Waals surface area (Å²) >= 11 is 1.62. The van der Waals surface area contributed by atoms with E-state index < -0.39 is 5.54 Å². The zero-order valence-corrected chi connectivity index (χ0v) is 20.3. The zero-order chi connectivity index (χ0) is 23.2. The summed E-state index contributed by atoms with van der Waals surface area (Å²) in [6.45, 7) is 4.92. The summed E-state index contributed by atoms with van der Waals surface area (Å²) in [5.74, 6) is 1.23. The molecular formula is C26H31N3O3S. The van der Waals surface area contributed by atoms with E-state index in [1.807, 2.05) is 53.3 Å². The number of ether oxygens (including phenoxy) is 1. The molecule has 7 heteroatoms. The van der Waals surface area contributed by atoms with Crippen LogP contribution in [0.4, 0.5) is 0 Å². The van der Waals surface area contributed by atoms with E-state index >= 15 is 0 Å². The summed E-state index contributed by atoms with van der Waals surface area (Å²) in [5, 5.41) is 5.34. The van der Waals surface area contributed by atoms with Gasteiger partial charge in [-0.2, -0.15) is 0 Å². The molecule has 1 aromatic carbocycles. The maximum absolute atomic E-state index is 13.8. The molecule has 2 aliphatic rings. The van der Waals surface area contributed by atoms with Gasteiger partial charge in [0, 0.05) is 11.6 Å². The fourth-order valence-corrected chi connectivity index (χ4v) is 6.09. The van der Waals surface area contributed by atoms with Crippen molar-refractivity contribution in [3.8, 4) is 5.75 Å². The minimum atomic E-state index is -1.01. The second-order valence-corrected chi connectivity index (χ2v) is 10.6. The van der Waals surface area contributed by atoms with E-state index in [4.69, 9.17) is 4.74 Å². The van der Waals surface area contributed by atoms with Crippen LogP contribution in [0.3, 0.4) is 0 Å². The minimum Gasteiger partial charge on any atom is -0.496 e. The van der Waals surface area contributed by atoms with Crippen LogP contribution in [0.25, 0.3) is 10.2 Å². The number of nitrogens with one attached hydrogen (secondary N) is 1. The average Bonchev–Trinajstić information content (AvgIpc) is 3.41. The lowest BCUT2D eigenvalue weighted by Gasteiger charge is -2.45. The smallest absolute Gasteiger partial charge is 0.271 e. The first-order chi connectivity index (χ1) is 15.9. The predicted molar refractivity (Wildman–Crippen MR) is 131 cm³/mol. The highest BCUT2D eigenvalue weighted by Crippen LogP contribution is 2.36. The first-order valence-electron chi connectivity index (χ1n) is 11.7. The van der Waals surface area contributed by atoms with E-state index in [0.717, 1.165) is 47.2 Å². The lowest BCUT2D eigenvalue weighted by molar-refractivity contribution is -0.134. The lowest BCUT2D eigenvalue weighted by Crippen LogP contribution is -2.64. The Labute approximate surface area is 198 Å². The number of methoxy groups -OCH3 is 1. The number of aromatic nitrogens is 1. The van der Waals surface area contributed by atoms with E-state index in [9.17, 15) is 9.59 Å². The summed E-state index contributed by atoms with van der Waals surface area (Å²) in [6, 6.07) is 11.9. The molecule has 3 heterocycles. The number of para-hydroxylation sites is 1. The number of carbonyl (C=O) groups excluding carboxylic acids is 2. The Morgan fingerprint density at radius 2 is 1.97 bits per heavy atom. The summed E-state index contributed by atoms with van der Waals surface area (Å²) < 4.78 is 8.64. The van der Waals surface area contributed by atoms with Crippen LogP contribution in [-0.4, -0.2) is 40.0 Å². The molecule has 174 valence electrons. The molecule has 0 spiro atoms. The molecule has 1 N–H and O–H groups in total. The molecular weight excluding hydrogens is 434 g/mol. The van der Waals surface area contributed by atoms with Crippen LogP contribution in [0.5, 0.6) is 5.75 Å². The van der Waals surface area contributed by atoms with Crippen molar-refractivity contribution in [3.63, 3.8) is 0 Å². The second-order valence-electron chi connectivity index (χ2n) is 9.69. The third kappa shape index (κ3) is 3.82. The predicted octanol–water partition coefficient (Wildman–Crippen LogP) is 4.82. The molecule has 1 saturated carbocycles. The van der Waals surface area contributed by atoms with Gasteiger partial charge in [-0.3, -0.25) is 9.59 Å². The Morgan fingerprint density at radius 3 is 2.73 bits per heavy atom. The van der Waals surface area contributed by atoms with Crippen LogP contribution in [0, 0.1) is 5.92 Å². The Bertz CT molecular complexity index is 1190. The van der Waals surface area contributed by atoms with Crippen LogP contribution < -0.4 is 10.1 Å². The van der Waals surface area contributed by atoms with E-state index in [1.165, 1.54) is 0 Å². The first-order valence-corrected chi connectivity index (χ1v) is 12.6. The van der Waals surface area contributed by atoms with Crippen molar-refractivity contribution in [2.75, 3.05) is 7.11 Å². The highest BCUT2D eigenvalue weighted by atomic mass is 32.1. The molecule has 1 atom stereocenters. The van der Waals surface area contributed by atoms with Gasteiger partial charge in [-0.25, -0.2) is 0 Å². The Balaban J connectivity index is 1.52. The number of hydrogen-bond acceptors (Lipinski definition) is 4. The highest BCUT2D eigenvalue weighted by molar-refractivity contribution is 7.17. The van der Waals surface area contributed by atoms with Crippen molar-refractivity contribution in [2.45, 2.75) is 64.2 Å². The van der Waals surface area contributed by atoms with Gasteiger partial charge >= 0.3 is 0 Å². The van der Waals surface area contributed by atoms with Crippen molar-refractivity contribution < 1.29 is 14.3 Å². The fourth-order valence-electron chi connectivity index (χ4n) is 5.27. The summed E-state index contributed by atoms with van der Waals surface area (Å²) in [5.41, 5.74) is 1.54. The number of rotatable bonds is 5. The maximum atomic E-state index is 13.8. The normalized spacial score (nSPS) is 25.2. The molecule has 1 aliphatic heterocycles. The number of hydrogen-bond donors (Lipinski definition) is 1. The van der Waals surface area contributed by atoms with Gasteiger partial charge in [-0.1, -0.05) is 25.1 Å². The maximum Gasteiger partial charge on any atom is 0.271 e. The molecule has 2 aromatic heterocycles. The SMILES string of the molecule is COc1ccccc1CN1C(=O)c2cc3sccc3n2C[C@@]1(C)C(=O)NC1CCC(C)CC1. The van der Waals surface area contributed by atoms with Crippen molar-refractivity contribution >= 4 is 33.4 Å². The van der Waals surface area contributed by atoms with Crippen molar-refractivity contribution in [1.29, 1.82) is 0 Å². The van der Waals surface area contributed by atoms with Crippen molar-refractivity contribution in [1.82, 2.24) is 14.8 Å². The minimum absolute atomic E-state index is 0.0759. The van der Waals surface area contributed by atoms with Crippen LogP contribution in [0.15, 0.2) is 41.8 Å². The Morgan fingerprint density at radius 1 is 1.21 bits per heavy atom. The molecule has 0 radical (unpaired) electrons. The standard InChI is InChI=1S/C26H31N3O3S/c1-17-8-10-19(11-9-17)27-25(31)26(2)16-28-20-12-13-33-23(20)14-21(28)24(30)29(26)15-18-6-4-5-7-22(18)32-3/h4-7,12-14,17,19H,8-11,15-16H2,1-3H3,(H,27,31)/t17?,19?,26-/m0/s1. The third-order valence-electron chi connectivity index (χ3n) is 7.41. The van der Waals surface area contributed by atoms with Crippen LogP contribution in [0.2, 0.25) is 0 Å². The number of benzene rings is 1. The van der Waals surface area contributed by atoms with E-state index in [1.54, 1.807) is 23.3 Å². The number of fused-ring (bicyclic) bond motifs is 3. The number of thiophene rings is 1. The summed E-state index contributed by atoms with van der Waals surface area (Å²) in [4.78, 5) is 29.4. The molecule has 0 bridgehead atoms. The molecule has 33 heavy (non-hydrogen) atoms. The van der Waals surface area contributed by atoms with E-state index in [-0.39, 0.29) is 17.9 Å². The Kier molecular flexibility index (Phi) is 5.69. The fraction of sp³-hybridized carbons (Fsp3) is 0.462. The molecule has 0 unspecified atom stereocenters. The van der Waals surface area contributed by atoms with Crippen LogP contribution >= 0.6 is 11.3 Å². The molecule has 1 aliphatic carbocycles. The lowest BCUT2D eigenvalue weighted by atomic mass is 9.86. The largest absolute Gasteiger partial charge is 0.496 e. The second kappa shape index (κ2) is 8.52. The van der Waals surface area contributed by atoms with Gasteiger partial charge < -0.3 is 19.5 Å². The van der Waals surface area contributed by atoms with Crippen LogP contribution in [0.1, 0.15) is 55.6 Å². The number of nitrogens with zero attached hydrogens (tertiary/aromatic N) is 2. The molecule has 5 rings (SSSR count). The molecule has 3 aromatic rings. The Hall–Kier alpha value is -2.80. The van der Waals surface area contributed by atoms with Gasteiger partial charge in [-0.05, 0) is 62.1 Å². The van der Waals surface area contributed by atoms with Crippen molar-refractivity contribution in [3.05, 3.63) is 53.0 Å². The van der Waals surface area contributed by atoms with Crippen LogP contribution in [-0.2, 0) is 17.9 Å². The van der Waals surface area contributed by atoms with Gasteiger partial charge in [-0.15, -0.1) is 11.3 Å². The van der Waals surface area contributed by atoms with Crippen molar-refractivity contribution in [2.24, 2.45) is 5.92 Å². The summed E-state index contributed by atoms with van der Waals surface area (Å²) in [6.07, 6.45) is 4.24. The van der Waals surface area contributed by atoms with E-state index in [0.29, 0.717) is 24.7 Å². The zero-order valence-electron chi connectivity index (χ0n) is 19.5. The first kappa shape index (κ1) is 22.0. The molecule has 1 fully saturated rings. The summed E-state index contributed by atoms with van der Waals surface area (Å²) in [7, 11) is 1.63. The molecule has 0 saturated heterocycles. The average molecular weight is 466 g/mol. The molecule has 6 nitrogen and oxygen atoms in total. The monoisotopic (exact) mass is 465 g/mol. The molecule has 2 amide bonds. The van der Waals surface area contributed by atoms with Gasteiger partial charge in [0.15, 0.2) is 0 Å².